The van der Waals surface area contributed by atoms with Crippen LogP contribution in [0.1, 0.15) is 43.3 Å². The van der Waals surface area contributed by atoms with Crippen LogP contribution in [0.15, 0.2) is 29.3 Å². The van der Waals surface area contributed by atoms with Gasteiger partial charge in [0, 0.05) is 25.4 Å². The van der Waals surface area contributed by atoms with Crippen LogP contribution in [-0.2, 0) is 19.4 Å². The lowest BCUT2D eigenvalue weighted by Gasteiger charge is -2.27. The summed E-state index contributed by atoms with van der Waals surface area (Å²) in [5.74, 6) is 2.86. The molecule has 3 aromatic heterocycles. The van der Waals surface area contributed by atoms with E-state index in [1.54, 1.807) is 6.20 Å². The number of aryl methyl sites for hydroxylation is 2. The summed E-state index contributed by atoms with van der Waals surface area (Å²) in [4.78, 5) is 14.3. The standard InChI is InChI=1S/C18H22BrN7/c1-2-3-4-10-25-16-14(21-17(19)22-16)12-26-15(23-24-18(25)26)8-7-13-6-5-9-20-11-13/h5-6,9,11H,2-4,7-8,10,12H2,1H3,(H,21,22). The molecule has 0 saturated carbocycles. The molecule has 0 radical (unpaired) electrons. The Balaban J connectivity index is 1.58. The van der Waals surface area contributed by atoms with Gasteiger partial charge in [-0.2, -0.15) is 0 Å². The molecule has 3 aromatic rings. The van der Waals surface area contributed by atoms with Gasteiger partial charge in [0.2, 0.25) is 5.95 Å². The van der Waals surface area contributed by atoms with Gasteiger partial charge in [0.15, 0.2) is 10.6 Å². The summed E-state index contributed by atoms with van der Waals surface area (Å²) in [6.45, 7) is 3.84. The first-order chi connectivity index (χ1) is 12.8. The number of pyridine rings is 1. The topological polar surface area (TPSA) is 75.5 Å². The third-order valence-corrected chi connectivity index (χ3v) is 5.07. The van der Waals surface area contributed by atoms with E-state index < -0.39 is 0 Å². The minimum atomic E-state index is 0.725. The maximum absolute atomic E-state index is 4.61. The van der Waals surface area contributed by atoms with Gasteiger partial charge in [0.05, 0.1) is 12.2 Å². The number of hydrogen-bond acceptors (Lipinski definition) is 5. The van der Waals surface area contributed by atoms with Crippen LogP contribution in [0.25, 0.3) is 0 Å². The molecule has 1 aliphatic heterocycles. The van der Waals surface area contributed by atoms with Crippen molar-refractivity contribution in [1.29, 1.82) is 0 Å². The molecule has 136 valence electrons. The molecule has 0 saturated heterocycles. The van der Waals surface area contributed by atoms with E-state index in [1.807, 2.05) is 12.3 Å². The molecule has 0 unspecified atom stereocenters. The monoisotopic (exact) mass is 415 g/mol. The van der Waals surface area contributed by atoms with E-state index in [1.165, 1.54) is 18.4 Å². The zero-order valence-electron chi connectivity index (χ0n) is 14.8. The Kier molecular flexibility index (Phi) is 5.01. The van der Waals surface area contributed by atoms with E-state index in [2.05, 4.69) is 63.5 Å². The Morgan fingerprint density at radius 1 is 1.23 bits per heavy atom. The number of halogens is 1. The van der Waals surface area contributed by atoms with Crippen molar-refractivity contribution in [3.8, 4) is 0 Å². The Labute approximate surface area is 161 Å². The number of nitrogens with zero attached hydrogens (tertiary/aromatic N) is 6. The molecular weight excluding hydrogens is 394 g/mol. The highest BCUT2D eigenvalue weighted by Crippen LogP contribution is 2.34. The molecule has 0 spiro atoms. The summed E-state index contributed by atoms with van der Waals surface area (Å²) in [7, 11) is 0. The van der Waals surface area contributed by atoms with Gasteiger partial charge in [-0.1, -0.05) is 25.8 Å². The minimum absolute atomic E-state index is 0.725. The van der Waals surface area contributed by atoms with Crippen LogP contribution in [-0.4, -0.2) is 36.3 Å². The van der Waals surface area contributed by atoms with E-state index in [-0.39, 0.29) is 0 Å². The molecule has 7 nitrogen and oxygen atoms in total. The predicted molar refractivity (Wildman–Crippen MR) is 104 cm³/mol. The van der Waals surface area contributed by atoms with Crippen molar-refractivity contribution in [2.24, 2.45) is 0 Å². The number of nitrogens with one attached hydrogen (secondary N) is 1. The first kappa shape index (κ1) is 17.2. The largest absolute Gasteiger partial charge is 0.333 e. The molecule has 4 rings (SSSR count). The van der Waals surface area contributed by atoms with Gasteiger partial charge >= 0.3 is 0 Å². The highest BCUT2D eigenvalue weighted by atomic mass is 79.9. The number of hydrogen-bond donors (Lipinski definition) is 1. The number of H-pyrrole nitrogens is 1. The Morgan fingerprint density at radius 3 is 2.96 bits per heavy atom. The normalized spacial score (nSPS) is 12.9. The maximum Gasteiger partial charge on any atom is 0.233 e. The molecule has 1 aliphatic rings. The molecule has 0 aromatic carbocycles. The molecular formula is C18H22BrN7. The Morgan fingerprint density at radius 2 is 2.15 bits per heavy atom. The number of imidazole rings is 1. The van der Waals surface area contributed by atoms with E-state index >= 15 is 0 Å². The Bertz CT molecular complexity index is 871. The lowest BCUT2D eigenvalue weighted by molar-refractivity contribution is 0.647. The van der Waals surface area contributed by atoms with Gasteiger partial charge in [-0.15, -0.1) is 10.2 Å². The molecule has 8 heteroatoms. The third kappa shape index (κ3) is 3.38. The molecule has 26 heavy (non-hydrogen) atoms. The zero-order valence-corrected chi connectivity index (χ0v) is 16.4. The molecule has 4 heterocycles. The molecule has 1 N–H and O–H groups in total. The van der Waals surface area contributed by atoms with Crippen LogP contribution < -0.4 is 4.90 Å². The van der Waals surface area contributed by atoms with E-state index in [9.17, 15) is 0 Å². The summed E-state index contributed by atoms with van der Waals surface area (Å²) in [6.07, 6.45) is 8.95. The highest BCUT2D eigenvalue weighted by molar-refractivity contribution is 9.10. The van der Waals surface area contributed by atoms with Crippen LogP contribution in [0.2, 0.25) is 0 Å². The van der Waals surface area contributed by atoms with Crippen LogP contribution in [0, 0.1) is 0 Å². The average molecular weight is 416 g/mol. The summed E-state index contributed by atoms with van der Waals surface area (Å²) < 4.78 is 2.97. The maximum atomic E-state index is 4.61. The molecule has 0 aliphatic carbocycles. The van der Waals surface area contributed by atoms with Crippen molar-refractivity contribution in [3.63, 3.8) is 0 Å². The first-order valence-corrected chi connectivity index (χ1v) is 9.88. The predicted octanol–water partition coefficient (Wildman–Crippen LogP) is 3.63. The van der Waals surface area contributed by atoms with Gasteiger partial charge in [-0.25, -0.2) is 4.98 Å². The second kappa shape index (κ2) is 7.57. The van der Waals surface area contributed by atoms with E-state index in [0.29, 0.717) is 0 Å². The number of anilines is 2. The lowest BCUT2D eigenvalue weighted by Crippen LogP contribution is -2.28. The number of rotatable bonds is 7. The zero-order chi connectivity index (χ0) is 17.9. The van der Waals surface area contributed by atoms with Crippen molar-refractivity contribution < 1.29 is 0 Å². The van der Waals surface area contributed by atoms with Gasteiger partial charge in [0.25, 0.3) is 0 Å². The fraction of sp³-hybridized carbons (Fsp3) is 0.444. The second-order valence-electron chi connectivity index (χ2n) is 6.55. The summed E-state index contributed by atoms with van der Waals surface area (Å²) in [5.41, 5.74) is 2.31. The first-order valence-electron chi connectivity index (χ1n) is 9.09. The van der Waals surface area contributed by atoms with Crippen molar-refractivity contribution in [1.82, 2.24) is 29.7 Å². The van der Waals surface area contributed by atoms with Gasteiger partial charge in [-0.05, 0) is 40.4 Å². The van der Waals surface area contributed by atoms with Crippen molar-refractivity contribution >= 4 is 27.7 Å². The average Bonchev–Trinajstić information content (AvgIpc) is 3.23. The highest BCUT2D eigenvalue weighted by Gasteiger charge is 2.29. The van der Waals surface area contributed by atoms with E-state index in [4.69, 9.17) is 0 Å². The van der Waals surface area contributed by atoms with E-state index in [0.717, 1.165) is 60.4 Å². The van der Waals surface area contributed by atoms with Crippen LogP contribution in [0.4, 0.5) is 11.8 Å². The molecule has 0 amide bonds. The van der Waals surface area contributed by atoms with Crippen LogP contribution in [0.5, 0.6) is 0 Å². The molecule has 0 bridgehead atoms. The van der Waals surface area contributed by atoms with Gasteiger partial charge < -0.3 is 4.98 Å². The van der Waals surface area contributed by atoms with Crippen LogP contribution >= 0.6 is 15.9 Å². The Hall–Kier alpha value is -2.22. The lowest BCUT2D eigenvalue weighted by atomic mass is 10.1. The minimum Gasteiger partial charge on any atom is -0.333 e. The fourth-order valence-corrected chi connectivity index (χ4v) is 3.76. The van der Waals surface area contributed by atoms with Crippen molar-refractivity contribution in [2.45, 2.75) is 45.6 Å². The van der Waals surface area contributed by atoms with Crippen LogP contribution in [0.3, 0.4) is 0 Å². The van der Waals surface area contributed by atoms with Crippen molar-refractivity contribution in [2.75, 3.05) is 11.4 Å². The van der Waals surface area contributed by atoms with Gasteiger partial charge in [-0.3, -0.25) is 14.5 Å². The summed E-state index contributed by atoms with van der Waals surface area (Å²) in [5, 5.41) is 8.97. The molecule has 0 fully saturated rings. The second-order valence-corrected chi connectivity index (χ2v) is 7.30. The summed E-state index contributed by atoms with van der Waals surface area (Å²) in [6, 6.07) is 4.07. The quantitative estimate of drug-likeness (QED) is 0.596. The van der Waals surface area contributed by atoms with Crippen molar-refractivity contribution in [3.05, 3.63) is 46.3 Å². The van der Waals surface area contributed by atoms with Gasteiger partial charge in [0.1, 0.15) is 5.82 Å². The number of fused-ring (bicyclic) bond motifs is 2. The smallest absolute Gasteiger partial charge is 0.233 e. The number of aromatic amines is 1. The SMILES string of the molecule is CCCCCN1c2nc(Br)[nH]c2Cn2c(CCc3cccnc3)nnc21. The third-order valence-electron chi connectivity index (χ3n) is 4.69. The summed E-state index contributed by atoms with van der Waals surface area (Å²) >= 11 is 3.47. The molecule has 0 atom stereocenters. The fourth-order valence-electron chi connectivity index (χ4n) is 3.36. The number of aromatic nitrogens is 6. The number of unbranched alkanes of at least 4 members (excludes halogenated alkanes) is 2.